The Labute approximate surface area is 768 Å². The van der Waals surface area contributed by atoms with Gasteiger partial charge < -0.3 is 14.2 Å². The molecule has 0 spiro atoms. The predicted octanol–water partition coefficient (Wildman–Crippen LogP) is 36.4. The molecule has 126 heavy (non-hydrogen) atoms. The van der Waals surface area contributed by atoms with Crippen LogP contribution >= 0.6 is 22.7 Å². The number of fused-ring (bicyclic) bond motifs is 5. The number of aryl methyl sites for hydroxylation is 6. The monoisotopic (exact) mass is 1750 g/mol. The summed E-state index contributed by atoms with van der Waals surface area (Å²) in [5.74, 6) is 0.388. The maximum Gasteiger partial charge on any atom is 0.266 e. The molecule has 0 saturated carbocycles. The minimum absolute atomic E-state index is 0.367. The van der Waals surface area contributed by atoms with E-state index >= 15 is 19.2 Å². The van der Waals surface area contributed by atoms with Gasteiger partial charge in [0.15, 0.2) is 11.5 Å². The van der Waals surface area contributed by atoms with Crippen LogP contribution in [0.4, 0.5) is 11.4 Å². The fourth-order valence-corrected chi connectivity index (χ4v) is 23.4. The zero-order chi connectivity index (χ0) is 88.5. The van der Waals surface area contributed by atoms with Crippen molar-refractivity contribution in [3.63, 3.8) is 0 Å². The number of unbranched alkanes of at least 4 members (excludes halogenated alkanes) is 49. The van der Waals surface area contributed by atoms with Crippen molar-refractivity contribution >= 4 is 121 Å². The molecule has 2 aliphatic heterocycles. The highest BCUT2D eigenvalue weighted by Gasteiger charge is 2.41. The second-order valence-corrected chi connectivity index (χ2v) is 40.4. The lowest BCUT2D eigenvalue weighted by atomic mass is 9.79. The van der Waals surface area contributed by atoms with E-state index in [0.29, 0.717) is 81.5 Å². The van der Waals surface area contributed by atoms with Crippen LogP contribution in [0, 0.1) is 34.6 Å². The number of rotatable bonds is 65. The van der Waals surface area contributed by atoms with Gasteiger partial charge in [0.1, 0.15) is 5.75 Å². The third kappa shape index (κ3) is 24.8. The van der Waals surface area contributed by atoms with E-state index in [9.17, 15) is 0 Å². The first-order valence-electron chi connectivity index (χ1n) is 51.9. The zero-order valence-corrected chi connectivity index (χ0v) is 81.8. The summed E-state index contributed by atoms with van der Waals surface area (Å²) in [6.45, 7) is 23.5. The molecule has 0 fully saturated rings. The summed E-state index contributed by atoms with van der Waals surface area (Å²) in [4.78, 5) is 68.2. The Balaban J connectivity index is 0.909. The molecule has 9 nitrogen and oxygen atoms in total. The fraction of sp³-hybridized carbons (Fsp3) is 0.600. The Hall–Kier alpha value is -7.34. The topological polar surface area (TPSA) is 102 Å². The summed E-state index contributed by atoms with van der Waals surface area (Å²) in [6.07, 6.45) is 71.1. The largest absolute Gasteiger partial charge is 0.493 e. The van der Waals surface area contributed by atoms with Crippen LogP contribution in [0.25, 0.3) is 73.7 Å². The summed E-state index contributed by atoms with van der Waals surface area (Å²) >= 11 is 3.73. The van der Waals surface area contributed by atoms with Crippen molar-refractivity contribution in [2.45, 2.75) is 429 Å². The number of benzene rings is 8. The molecule has 12 rings (SSSR count). The minimum Gasteiger partial charge on any atom is -0.493 e. The molecule has 4 amide bonds. The van der Waals surface area contributed by atoms with Crippen molar-refractivity contribution in [2.75, 3.05) is 29.6 Å². The molecule has 0 unspecified atom stereocenters. The van der Waals surface area contributed by atoms with Crippen LogP contribution in [0.1, 0.15) is 462 Å². The van der Waals surface area contributed by atoms with Gasteiger partial charge in [0, 0.05) is 61.0 Å². The number of anilines is 2. The van der Waals surface area contributed by atoms with Crippen molar-refractivity contribution in [2.24, 2.45) is 0 Å². The Morgan fingerprint density at radius 1 is 0.270 bits per heavy atom. The highest BCUT2D eigenvalue weighted by molar-refractivity contribution is 7.28. The summed E-state index contributed by atoms with van der Waals surface area (Å²) in [6, 6.07) is 22.4. The normalized spacial score (nSPS) is 13.0. The van der Waals surface area contributed by atoms with E-state index in [4.69, 9.17) is 14.2 Å². The van der Waals surface area contributed by atoms with Gasteiger partial charge in [0.05, 0.1) is 40.6 Å². The van der Waals surface area contributed by atoms with Crippen molar-refractivity contribution in [1.29, 1.82) is 0 Å². The van der Waals surface area contributed by atoms with Gasteiger partial charge in [-0.25, -0.2) is 9.80 Å². The standard InChI is InChI=1S/C115H160N2O7S2/c1-11-16-21-26-31-33-35-37-39-41-43-45-47-49-51-53-55-60-65-89-90(66-61-56-54-52-50-48-46-44-42-40-38-36-34-32-27-22-17-12-2)103-85(9)81-125-111(103)110-95(89)80-101(126-110)96-79-98-106-94(113(119)116(115(98)121)87-74-82(6)86(10)99(77-87)122-71-62-57-28-23-18-13-3)69-67-91-102-83(7)76-97-105-93(70-68-92(107(102)105)104(96)108(91)106)112(118)117(114(97)120)88-75-84(8)109(124-73-64-59-30-25-20-15-5)100(78-88)123-72-63-58-29-24-19-14-4/h67-70,74-81H,11-66,71-73H2,1-10H3. The highest BCUT2D eigenvalue weighted by atomic mass is 32.1. The SMILES string of the molecule is CCCCCCCCCCCCCCCCCCCCc1c(CCCCCCCCCCCCCCCCCCCC)c2c(C)csc2c2sc(-c3cc4c5c(ccc6c7c(C)cc8c9c(ccc(c3c56)c97)C(=O)N(c3cc(C)c(OCCCCCCCC)c(OCCCCCCCC)c3)C8=O)C(=O)N(c3cc(C)c(C)c(OCCCCCCCC)c3)C4=O)cc12. The first-order chi connectivity index (χ1) is 61.8. The highest BCUT2D eigenvalue weighted by Crippen LogP contribution is 2.55. The van der Waals surface area contributed by atoms with Crippen LogP contribution in [0.2, 0.25) is 0 Å². The van der Waals surface area contributed by atoms with Gasteiger partial charge in [-0.1, -0.05) is 361 Å². The molecule has 0 atom stereocenters. The summed E-state index contributed by atoms with van der Waals surface area (Å²) in [5, 5.41) is 11.7. The quantitative estimate of drug-likeness (QED) is 0.0162. The number of hydrogen-bond acceptors (Lipinski definition) is 9. The number of amides is 4. The molecule has 0 saturated heterocycles. The lowest BCUT2D eigenvalue weighted by Crippen LogP contribution is -2.41. The maximum absolute atomic E-state index is 16.4. The van der Waals surface area contributed by atoms with Crippen LogP contribution in [-0.2, 0) is 12.8 Å². The smallest absolute Gasteiger partial charge is 0.266 e. The molecule has 684 valence electrons. The molecule has 11 heteroatoms. The average Bonchev–Trinajstić information content (AvgIpc) is 0.931. The van der Waals surface area contributed by atoms with Crippen molar-refractivity contribution < 1.29 is 33.4 Å². The van der Waals surface area contributed by atoms with Crippen molar-refractivity contribution in [3.05, 3.63) is 133 Å². The Morgan fingerprint density at radius 2 is 0.627 bits per heavy atom. The van der Waals surface area contributed by atoms with E-state index in [2.05, 4.69) is 85.0 Å². The summed E-state index contributed by atoms with van der Waals surface area (Å²) < 4.78 is 22.6. The van der Waals surface area contributed by atoms with Crippen LogP contribution < -0.4 is 24.0 Å². The van der Waals surface area contributed by atoms with Gasteiger partial charge in [-0.3, -0.25) is 19.2 Å². The van der Waals surface area contributed by atoms with E-state index in [0.717, 1.165) is 136 Å². The van der Waals surface area contributed by atoms with Crippen molar-refractivity contribution in [1.82, 2.24) is 0 Å². The maximum atomic E-state index is 16.4. The summed E-state index contributed by atoms with van der Waals surface area (Å²) in [7, 11) is 0. The number of nitrogens with zero attached hydrogens (tertiary/aromatic N) is 2. The molecular formula is C115H160N2O7S2. The molecular weight excluding hydrogens is 1590 g/mol. The number of ether oxygens (including phenoxy) is 3. The molecule has 0 bridgehead atoms. The molecule has 0 aliphatic carbocycles. The first kappa shape index (κ1) is 97.7. The fourth-order valence-electron chi connectivity index (χ4n) is 20.9. The lowest BCUT2D eigenvalue weighted by Gasteiger charge is -2.32. The van der Waals surface area contributed by atoms with E-state index in [-0.39, 0.29) is 17.7 Å². The molecule has 4 heterocycles. The van der Waals surface area contributed by atoms with E-state index in [1.807, 2.05) is 79.0 Å². The van der Waals surface area contributed by atoms with Gasteiger partial charge in [0.25, 0.3) is 23.6 Å². The Kier molecular flexibility index (Phi) is 39.8. The van der Waals surface area contributed by atoms with Gasteiger partial charge in [-0.2, -0.15) is 0 Å². The van der Waals surface area contributed by atoms with Crippen LogP contribution in [0.15, 0.2) is 72.1 Å². The molecule has 2 aliphatic rings. The molecule has 0 N–H and O–H groups in total. The Morgan fingerprint density at radius 3 is 1.07 bits per heavy atom. The zero-order valence-electron chi connectivity index (χ0n) is 80.2. The number of carbonyl (C=O) groups is 4. The van der Waals surface area contributed by atoms with Crippen LogP contribution in [0.3, 0.4) is 0 Å². The molecule has 8 aromatic carbocycles. The van der Waals surface area contributed by atoms with Gasteiger partial charge in [0.2, 0.25) is 0 Å². The van der Waals surface area contributed by atoms with E-state index in [1.54, 1.807) is 0 Å². The minimum atomic E-state index is -0.395. The number of imide groups is 2. The third-order valence-electron chi connectivity index (χ3n) is 28.4. The number of thiophene rings is 2. The van der Waals surface area contributed by atoms with Gasteiger partial charge in [-0.05, 0) is 204 Å². The molecule has 10 aromatic rings. The van der Waals surface area contributed by atoms with Crippen LogP contribution in [0.5, 0.6) is 17.2 Å². The van der Waals surface area contributed by atoms with E-state index in [1.165, 1.54) is 336 Å². The molecule has 0 radical (unpaired) electrons. The first-order valence-corrected chi connectivity index (χ1v) is 53.6. The number of hydrogen-bond donors (Lipinski definition) is 0. The molecule has 2 aromatic heterocycles. The lowest BCUT2D eigenvalue weighted by molar-refractivity contribution is 0.0877. The van der Waals surface area contributed by atoms with Gasteiger partial charge in [-0.15, -0.1) is 22.7 Å². The second kappa shape index (κ2) is 51.3. The second-order valence-electron chi connectivity index (χ2n) is 38.5. The summed E-state index contributed by atoms with van der Waals surface area (Å²) in [5.41, 5.74) is 11.7. The van der Waals surface area contributed by atoms with Crippen LogP contribution in [-0.4, -0.2) is 43.4 Å². The number of carbonyl (C=O) groups excluding carboxylic acids is 4. The van der Waals surface area contributed by atoms with Gasteiger partial charge >= 0.3 is 0 Å². The third-order valence-corrected chi connectivity index (χ3v) is 30.8. The predicted molar refractivity (Wildman–Crippen MR) is 544 cm³/mol. The van der Waals surface area contributed by atoms with Crippen molar-refractivity contribution in [3.8, 4) is 27.7 Å². The average molecular weight is 1750 g/mol. The van der Waals surface area contributed by atoms with E-state index < -0.39 is 5.91 Å². The Bertz CT molecular complexity index is 5150.